The molecule has 1 saturated heterocycles. The lowest BCUT2D eigenvalue weighted by atomic mass is 10.00. The number of thiophene rings is 1. The average Bonchev–Trinajstić information content (AvgIpc) is 2.98. The van der Waals surface area contributed by atoms with Gasteiger partial charge in [-0.25, -0.2) is 0 Å². The van der Waals surface area contributed by atoms with Crippen molar-refractivity contribution in [3.8, 4) is 0 Å². The fourth-order valence-corrected chi connectivity index (χ4v) is 3.37. The number of hydrogen-bond donors (Lipinski definition) is 2. The van der Waals surface area contributed by atoms with Gasteiger partial charge in [0, 0.05) is 10.9 Å². The molecule has 1 aromatic heterocycles. The molecule has 3 nitrogen and oxygen atoms in total. The van der Waals surface area contributed by atoms with Gasteiger partial charge in [0.05, 0.1) is 12.0 Å². The van der Waals surface area contributed by atoms with Gasteiger partial charge in [0.2, 0.25) is 5.91 Å². The fourth-order valence-electron chi connectivity index (χ4n) is 2.56. The van der Waals surface area contributed by atoms with Crippen LogP contribution in [0.5, 0.6) is 0 Å². The molecular weight excluding hydrogens is 244 g/mol. The van der Waals surface area contributed by atoms with Crippen LogP contribution in [0.15, 0.2) is 17.5 Å². The summed E-state index contributed by atoms with van der Waals surface area (Å²) in [5, 5.41) is 8.63. The summed E-state index contributed by atoms with van der Waals surface area (Å²) in [5.41, 5.74) is 0. The van der Waals surface area contributed by atoms with Gasteiger partial charge in [0.25, 0.3) is 0 Å². The standard InChI is InChI=1S/C14H22N2OS/c1-3-5-12(13-6-4-9-18-13)16-14(17)11-7-8-15-10(11)2/h4,6,9-12,15H,3,5,7-8H2,1-2H3,(H,16,17). The van der Waals surface area contributed by atoms with Crippen LogP contribution in [0.3, 0.4) is 0 Å². The van der Waals surface area contributed by atoms with Gasteiger partial charge in [-0.15, -0.1) is 11.3 Å². The Hall–Kier alpha value is -0.870. The van der Waals surface area contributed by atoms with Gasteiger partial charge < -0.3 is 10.6 Å². The third-order valence-corrected chi connectivity index (χ3v) is 4.63. The molecule has 1 amide bonds. The molecule has 1 aliphatic rings. The van der Waals surface area contributed by atoms with Crippen LogP contribution in [-0.4, -0.2) is 18.5 Å². The van der Waals surface area contributed by atoms with Crippen molar-refractivity contribution in [2.24, 2.45) is 5.92 Å². The molecule has 0 saturated carbocycles. The minimum Gasteiger partial charge on any atom is -0.348 e. The zero-order valence-electron chi connectivity index (χ0n) is 11.1. The van der Waals surface area contributed by atoms with Crippen LogP contribution in [-0.2, 0) is 4.79 Å². The normalized spacial score (nSPS) is 25.0. The van der Waals surface area contributed by atoms with E-state index < -0.39 is 0 Å². The quantitative estimate of drug-likeness (QED) is 0.860. The molecule has 1 aliphatic heterocycles. The van der Waals surface area contributed by atoms with E-state index in [0.717, 1.165) is 25.8 Å². The number of hydrogen-bond acceptors (Lipinski definition) is 3. The highest BCUT2D eigenvalue weighted by atomic mass is 32.1. The number of rotatable bonds is 5. The van der Waals surface area contributed by atoms with Crippen molar-refractivity contribution in [2.45, 2.75) is 45.2 Å². The highest BCUT2D eigenvalue weighted by Crippen LogP contribution is 2.25. The number of carbonyl (C=O) groups is 1. The van der Waals surface area contributed by atoms with Crippen molar-refractivity contribution in [3.05, 3.63) is 22.4 Å². The van der Waals surface area contributed by atoms with Crippen LogP contribution in [0, 0.1) is 5.92 Å². The fraction of sp³-hybridized carbons (Fsp3) is 0.643. The average molecular weight is 266 g/mol. The first-order chi connectivity index (χ1) is 8.72. The first-order valence-electron chi connectivity index (χ1n) is 6.79. The molecule has 18 heavy (non-hydrogen) atoms. The molecule has 2 heterocycles. The molecule has 0 bridgehead atoms. The van der Waals surface area contributed by atoms with E-state index in [1.165, 1.54) is 4.88 Å². The molecule has 4 heteroatoms. The molecule has 2 rings (SSSR count). The molecule has 3 unspecified atom stereocenters. The van der Waals surface area contributed by atoms with Crippen molar-refractivity contribution < 1.29 is 4.79 Å². The molecule has 100 valence electrons. The second kappa shape index (κ2) is 6.34. The van der Waals surface area contributed by atoms with Crippen molar-refractivity contribution in [3.63, 3.8) is 0 Å². The summed E-state index contributed by atoms with van der Waals surface area (Å²) in [6, 6.07) is 4.65. The summed E-state index contributed by atoms with van der Waals surface area (Å²) < 4.78 is 0. The highest BCUT2D eigenvalue weighted by molar-refractivity contribution is 7.10. The Bertz CT molecular complexity index is 377. The molecular formula is C14H22N2OS. The van der Waals surface area contributed by atoms with Crippen molar-refractivity contribution in [1.29, 1.82) is 0 Å². The summed E-state index contributed by atoms with van der Waals surface area (Å²) in [6.07, 6.45) is 3.05. The molecule has 1 fully saturated rings. The van der Waals surface area contributed by atoms with Gasteiger partial charge in [0.15, 0.2) is 0 Å². The van der Waals surface area contributed by atoms with Gasteiger partial charge in [-0.05, 0) is 37.8 Å². The Morgan fingerprint density at radius 1 is 1.67 bits per heavy atom. The van der Waals surface area contributed by atoms with Crippen LogP contribution in [0.2, 0.25) is 0 Å². The van der Waals surface area contributed by atoms with Crippen LogP contribution in [0.25, 0.3) is 0 Å². The Morgan fingerprint density at radius 3 is 3.06 bits per heavy atom. The lowest BCUT2D eigenvalue weighted by Crippen LogP contribution is -2.38. The van der Waals surface area contributed by atoms with E-state index in [1.54, 1.807) is 11.3 Å². The molecule has 1 aromatic rings. The van der Waals surface area contributed by atoms with E-state index in [2.05, 4.69) is 42.0 Å². The maximum Gasteiger partial charge on any atom is 0.225 e. The molecule has 0 aliphatic carbocycles. The summed E-state index contributed by atoms with van der Waals surface area (Å²) in [6.45, 7) is 5.21. The molecule has 0 radical (unpaired) electrons. The summed E-state index contributed by atoms with van der Waals surface area (Å²) >= 11 is 1.73. The summed E-state index contributed by atoms with van der Waals surface area (Å²) in [4.78, 5) is 13.6. The third-order valence-electron chi connectivity index (χ3n) is 3.64. The third kappa shape index (κ3) is 3.12. The smallest absolute Gasteiger partial charge is 0.225 e. The van der Waals surface area contributed by atoms with Crippen LogP contribution in [0.1, 0.15) is 44.0 Å². The minimum atomic E-state index is 0.129. The zero-order valence-corrected chi connectivity index (χ0v) is 11.9. The maximum absolute atomic E-state index is 12.3. The predicted octanol–water partition coefficient (Wildman–Crippen LogP) is 2.70. The topological polar surface area (TPSA) is 41.1 Å². The zero-order chi connectivity index (χ0) is 13.0. The summed E-state index contributed by atoms with van der Waals surface area (Å²) in [5.74, 6) is 0.337. The Kier molecular flexibility index (Phi) is 4.78. The Labute approximate surface area is 113 Å². The van der Waals surface area contributed by atoms with Gasteiger partial charge in [-0.1, -0.05) is 19.4 Å². The lowest BCUT2D eigenvalue weighted by molar-refractivity contribution is -0.125. The van der Waals surface area contributed by atoms with E-state index in [-0.39, 0.29) is 17.9 Å². The molecule has 2 N–H and O–H groups in total. The molecule has 0 aromatic carbocycles. The first kappa shape index (κ1) is 13.6. The van der Waals surface area contributed by atoms with Crippen molar-refractivity contribution >= 4 is 17.2 Å². The van der Waals surface area contributed by atoms with Crippen LogP contribution >= 0.6 is 11.3 Å². The minimum absolute atomic E-state index is 0.129. The van der Waals surface area contributed by atoms with Crippen LogP contribution < -0.4 is 10.6 Å². The molecule has 3 atom stereocenters. The largest absolute Gasteiger partial charge is 0.348 e. The SMILES string of the molecule is CCCC(NC(=O)C1CCNC1C)c1cccs1. The second-order valence-corrected chi connectivity index (χ2v) is 5.98. The number of carbonyl (C=O) groups excluding carboxylic acids is 1. The van der Waals surface area contributed by atoms with E-state index >= 15 is 0 Å². The van der Waals surface area contributed by atoms with E-state index in [4.69, 9.17) is 0 Å². The van der Waals surface area contributed by atoms with Gasteiger partial charge in [-0.2, -0.15) is 0 Å². The number of nitrogens with one attached hydrogen (secondary N) is 2. The second-order valence-electron chi connectivity index (χ2n) is 5.00. The highest BCUT2D eigenvalue weighted by Gasteiger charge is 2.30. The predicted molar refractivity (Wildman–Crippen MR) is 75.7 cm³/mol. The number of amides is 1. The Morgan fingerprint density at radius 2 is 2.50 bits per heavy atom. The lowest BCUT2D eigenvalue weighted by Gasteiger charge is -2.21. The van der Waals surface area contributed by atoms with Gasteiger partial charge in [0.1, 0.15) is 0 Å². The Balaban J connectivity index is 1.98. The monoisotopic (exact) mass is 266 g/mol. The summed E-state index contributed by atoms with van der Waals surface area (Å²) in [7, 11) is 0. The van der Waals surface area contributed by atoms with Crippen molar-refractivity contribution in [1.82, 2.24) is 10.6 Å². The molecule has 0 spiro atoms. The van der Waals surface area contributed by atoms with E-state index in [9.17, 15) is 4.79 Å². The van der Waals surface area contributed by atoms with E-state index in [1.807, 2.05) is 0 Å². The van der Waals surface area contributed by atoms with Gasteiger partial charge >= 0.3 is 0 Å². The van der Waals surface area contributed by atoms with Crippen molar-refractivity contribution in [2.75, 3.05) is 6.54 Å². The first-order valence-corrected chi connectivity index (χ1v) is 7.67. The van der Waals surface area contributed by atoms with Crippen LogP contribution in [0.4, 0.5) is 0 Å². The van der Waals surface area contributed by atoms with Gasteiger partial charge in [-0.3, -0.25) is 4.79 Å². The maximum atomic E-state index is 12.3. The van der Waals surface area contributed by atoms with E-state index in [0.29, 0.717) is 6.04 Å².